The lowest BCUT2D eigenvalue weighted by Crippen LogP contribution is -2.57. The lowest BCUT2D eigenvalue weighted by molar-refractivity contribution is -0.147. The molecule has 9 heteroatoms. The largest absolute Gasteiger partial charge is 0.464 e. The Morgan fingerprint density at radius 1 is 1.21 bits per heavy atom. The van der Waals surface area contributed by atoms with Gasteiger partial charge in [0.2, 0.25) is 15.9 Å². The Balaban J connectivity index is 2.20. The van der Waals surface area contributed by atoms with Crippen LogP contribution in [0.3, 0.4) is 0 Å². The minimum absolute atomic E-state index is 0.00652. The zero-order chi connectivity index (χ0) is 17.9. The summed E-state index contributed by atoms with van der Waals surface area (Å²) < 4.78 is 44.5. The number of benzene rings is 1. The van der Waals surface area contributed by atoms with E-state index in [1.807, 2.05) is 0 Å². The maximum atomic E-state index is 13.0. The van der Waals surface area contributed by atoms with E-state index in [0.717, 1.165) is 12.1 Å². The highest BCUT2D eigenvalue weighted by molar-refractivity contribution is 7.89. The van der Waals surface area contributed by atoms with E-state index < -0.39 is 27.9 Å². The molecule has 1 aliphatic heterocycles. The maximum Gasteiger partial charge on any atom is 0.302 e. The number of rotatable bonds is 4. The predicted molar refractivity (Wildman–Crippen MR) is 83.0 cm³/mol. The van der Waals surface area contributed by atoms with Gasteiger partial charge in [-0.25, -0.2) is 12.8 Å². The first-order valence-electron chi connectivity index (χ1n) is 7.38. The van der Waals surface area contributed by atoms with E-state index in [4.69, 9.17) is 4.74 Å². The fourth-order valence-corrected chi connectivity index (χ4v) is 4.04. The zero-order valence-corrected chi connectivity index (χ0v) is 14.3. The molecule has 0 aliphatic carbocycles. The van der Waals surface area contributed by atoms with Crippen molar-refractivity contribution in [3.8, 4) is 0 Å². The summed E-state index contributed by atoms with van der Waals surface area (Å²) in [4.78, 5) is 24.2. The van der Waals surface area contributed by atoms with Crippen molar-refractivity contribution in [2.45, 2.75) is 24.8 Å². The van der Waals surface area contributed by atoms with E-state index in [9.17, 15) is 22.4 Å². The second-order valence-electron chi connectivity index (χ2n) is 5.49. The van der Waals surface area contributed by atoms with Crippen LogP contribution >= 0.6 is 0 Å². The molecule has 0 bridgehead atoms. The molecule has 0 spiro atoms. The van der Waals surface area contributed by atoms with Crippen LogP contribution in [0.5, 0.6) is 0 Å². The monoisotopic (exact) mass is 358 g/mol. The first-order chi connectivity index (χ1) is 11.2. The molecule has 0 saturated carbocycles. The molecule has 1 fully saturated rings. The number of esters is 1. The van der Waals surface area contributed by atoms with Crippen molar-refractivity contribution in [3.63, 3.8) is 0 Å². The van der Waals surface area contributed by atoms with E-state index in [1.54, 1.807) is 0 Å². The second-order valence-corrected chi connectivity index (χ2v) is 7.42. The van der Waals surface area contributed by atoms with Crippen molar-refractivity contribution in [2.24, 2.45) is 0 Å². The third kappa shape index (κ3) is 4.09. The van der Waals surface area contributed by atoms with Gasteiger partial charge in [-0.2, -0.15) is 4.31 Å². The molecule has 1 atom stereocenters. The maximum absolute atomic E-state index is 13.0. The number of carbonyl (C=O) groups excluding carboxylic acids is 2. The van der Waals surface area contributed by atoms with Gasteiger partial charge in [0.1, 0.15) is 12.4 Å². The summed E-state index contributed by atoms with van der Waals surface area (Å²) in [6.45, 7) is 2.87. The van der Waals surface area contributed by atoms with Gasteiger partial charge in [0.05, 0.1) is 10.9 Å². The van der Waals surface area contributed by atoms with Gasteiger partial charge in [0.15, 0.2) is 0 Å². The van der Waals surface area contributed by atoms with E-state index in [-0.39, 0.29) is 37.0 Å². The molecule has 24 heavy (non-hydrogen) atoms. The number of halogens is 1. The molecule has 1 aliphatic rings. The molecule has 1 saturated heterocycles. The molecule has 1 aromatic rings. The topological polar surface area (TPSA) is 84.0 Å². The Morgan fingerprint density at radius 2 is 1.83 bits per heavy atom. The van der Waals surface area contributed by atoms with Gasteiger partial charge in [0, 0.05) is 33.5 Å². The molecular formula is C15H19FN2O5S. The first kappa shape index (κ1) is 18.3. The van der Waals surface area contributed by atoms with Crippen molar-refractivity contribution >= 4 is 21.9 Å². The van der Waals surface area contributed by atoms with Gasteiger partial charge in [0.25, 0.3) is 0 Å². The van der Waals surface area contributed by atoms with Gasteiger partial charge in [-0.3, -0.25) is 9.59 Å². The normalized spacial score (nSPS) is 19.1. The molecule has 0 radical (unpaired) electrons. The number of sulfonamides is 1. The third-order valence-electron chi connectivity index (χ3n) is 3.78. The van der Waals surface area contributed by atoms with Crippen molar-refractivity contribution in [2.75, 3.05) is 26.2 Å². The highest BCUT2D eigenvalue weighted by Gasteiger charge is 2.35. The van der Waals surface area contributed by atoms with Crippen LogP contribution in [0.4, 0.5) is 4.39 Å². The van der Waals surface area contributed by atoms with Crippen LogP contribution in [0.1, 0.15) is 13.8 Å². The van der Waals surface area contributed by atoms with Crippen LogP contribution in [0.2, 0.25) is 0 Å². The number of piperazine rings is 1. The van der Waals surface area contributed by atoms with Crippen molar-refractivity contribution in [1.82, 2.24) is 9.21 Å². The quantitative estimate of drug-likeness (QED) is 0.737. The van der Waals surface area contributed by atoms with Crippen LogP contribution in [0, 0.1) is 5.82 Å². The number of carbonyl (C=O) groups is 2. The Bertz CT molecular complexity index is 720. The Hall–Kier alpha value is -2.00. The average Bonchev–Trinajstić information content (AvgIpc) is 2.52. The fraction of sp³-hybridized carbons (Fsp3) is 0.467. The summed E-state index contributed by atoms with van der Waals surface area (Å²) >= 11 is 0. The van der Waals surface area contributed by atoms with Crippen molar-refractivity contribution < 1.29 is 27.1 Å². The zero-order valence-electron chi connectivity index (χ0n) is 13.4. The predicted octanol–water partition coefficient (Wildman–Crippen LogP) is 0.610. The third-order valence-corrected chi connectivity index (χ3v) is 5.66. The Morgan fingerprint density at radius 3 is 2.38 bits per heavy atom. The minimum atomic E-state index is -3.81. The van der Waals surface area contributed by atoms with Crippen LogP contribution in [0.15, 0.2) is 29.2 Å². The Kier molecular flexibility index (Phi) is 5.55. The minimum Gasteiger partial charge on any atom is -0.464 e. The molecular weight excluding hydrogens is 339 g/mol. The smallest absolute Gasteiger partial charge is 0.302 e. The number of ether oxygens (including phenoxy) is 1. The van der Waals surface area contributed by atoms with Crippen LogP contribution < -0.4 is 0 Å². The summed E-state index contributed by atoms with van der Waals surface area (Å²) in [7, 11) is -3.81. The van der Waals surface area contributed by atoms with E-state index in [0.29, 0.717) is 0 Å². The summed E-state index contributed by atoms with van der Waals surface area (Å²) in [6.07, 6.45) is 0. The summed E-state index contributed by atoms with van der Waals surface area (Å²) in [5, 5.41) is 0. The summed E-state index contributed by atoms with van der Waals surface area (Å²) in [6, 6.07) is 3.99. The van der Waals surface area contributed by atoms with Gasteiger partial charge < -0.3 is 9.64 Å². The van der Waals surface area contributed by atoms with Gasteiger partial charge in [-0.05, 0) is 24.3 Å². The van der Waals surface area contributed by atoms with Gasteiger partial charge >= 0.3 is 5.97 Å². The number of hydrogen-bond donors (Lipinski definition) is 0. The van der Waals surface area contributed by atoms with Crippen molar-refractivity contribution in [3.05, 3.63) is 30.1 Å². The molecule has 2 rings (SSSR count). The number of hydrogen-bond acceptors (Lipinski definition) is 5. The van der Waals surface area contributed by atoms with Gasteiger partial charge in [-0.15, -0.1) is 0 Å². The summed E-state index contributed by atoms with van der Waals surface area (Å²) in [5.41, 5.74) is 0. The fourth-order valence-electron chi connectivity index (χ4n) is 2.57. The van der Waals surface area contributed by atoms with Gasteiger partial charge in [-0.1, -0.05) is 0 Å². The molecule has 0 N–H and O–H groups in total. The molecule has 1 unspecified atom stereocenters. The summed E-state index contributed by atoms with van der Waals surface area (Å²) in [5.74, 6) is -1.24. The Labute approximate surface area is 140 Å². The lowest BCUT2D eigenvalue weighted by Gasteiger charge is -2.39. The molecule has 132 valence electrons. The van der Waals surface area contributed by atoms with Crippen LogP contribution in [-0.2, 0) is 24.3 Å². The second kappa shape index (κ2) is 7.27. The number of nitrogens with zero attached hydrogens (tertiary/aromatic N) is 2. The highest BCUT2D eigenvalue weighted by Crippen LogP contribution is 2.21. The SMILES string of the molecule is CC(=O)OCC1CN(S(=O)(=O)c2ccc(F)cc2)CCN1C(C)=O. The average molecular weight is 358 g/mol. The molecule has 7 nitrogen and oxygen atoms in total. The molecule has 1 amide bonds. The van der Waals surface area contributed by atoms with E-state index in [1.165, 1.54) is 35.2 Å². The highest BCUT2D eigenvalue weighted by atomic mass is 32.2. The standard InChI is InChI=1S/C15H19FN2O5S/c1-11(19)18-8-7-17(9-14(18)10-23-12(2)20)24(21,22)15-5-3-13(16)4-6-15/h3-6,14H,7-10H2,1-2H3. The molecule has 1 heterocycles. The molecule has 1 aromatic carbocycles. The van der Waals surface area contributed by atoms with Crippen LogP contribution in [-0.4, -0.2) is 61.8 Å². The van der Waals surface area contributed by atoms with E-state index in [2.05, 4.69) is 0 Å². The van der Waals surface area contributed by atoms with Crippen LogP contribution in [0.25, 0.3) is 0 Å². The van der Waals surface area contributed by atoms with Crippen molar-refractivity contribution in [1.29, 1.82) is 0 Å². The number of amides is 1. The molecule has 0 aromatic heterocycles. The lowest BCUT2D eigenvalue weighted by atomic mass is 10.2. The first-order valence-corrected chi connectivity index (χ1v) is 8.82. The van der Waals surface area contributed by atoms with E-state index >= 15 is 0 Å².